The van der Waals surface area contributed by atoms with Crippen molar-refractivity contribution >= 4 is 17.6 Å². The fourth-order valence-electron chi connectivity index (χ4n) is 11.9. The zero-order valence-electron chi connectivity index (χ0n) is 28.5. The highest BCUT2D eigenvalue weighted by Crippen LogP contribution is 2.76. The summed E-state index contributed by atoms with van der Waals surface area (Å²) < 4.78 is 5.94. The first-order chi connectivity index (χ1) is 20.0. The summed E-state index contributed by atoms with van der Waals surface area (Å²) >= 11 is 0. The van der Waals surface area contributed by atoms with Gasteiger partial charge in [-0.15, -0.1) is 0 Å². The van der Waals surface area contributed by atoms with Gasteiger partial charge in [-0.05, 0) is 123 Å². The molecule has 1 aromatic rings. The van der Waals surface area contributed by atoms with E-state index in [0.29, 0.717) is 17.8 Å². The van der Waals surface area contributed by atoms with Gasteiger partial charge in [0, 0.05) is 18.0 Å². The average molecular weight is 588 g/mol. The van der Waals surface area contributed by atoms with Gasteiger partial charge >= 0.3 is 5.97 Å². The molecule has 8 atom stereocenters. The zero-order chi connectivity index (χ0) is 31.2. The Bertz CT molecular complexity index is 1320. The van der Waals surface area contributed by atoms with Crippen LogP contribution in [0.2, 0.25) is 0 Å². The summed E-state index contributed by atoms with van der Waals surface area (Å²) in [4.78, 5) is 26.4. The second kappa shape index (κ2) is 9.95. The van der Waals surface area contributed by atoms with Crippen LogP contribution in [0.1, 0.15) is 125 Å². The van der Waals surface area contributed by atoms with Gasteiger partial charge in [0.05, 0.1) is 5.41 Å². The van der Waals surface area contributed by atoms with Crippen molar-refractivity contribution < 1.29 is 14.3 Å². The third-order valence-corrected chi connectivity index (χ3v) is 14.6. The molecule has 0 bridgehead atoms. The molecule has 0 saturated heterocycles. The third-order valence-electron chi connectivity index (χ3n) is 14.6. The van der Waals surface area contributed by atoms with Crippen LogP contribution in [0, 0.1) is 57.2 Å². The molecular weight excluding hydrogens is 530 g/mol. The smallest absolute Gasteiger partial charge is 0.302 e. The SMILES string of the molecule is CC(=O)OC1CCC2(C)C(CCC3(C)C2CC=C2C4CC(C)(C)CCC4(C(=O)Nc4ccc(C)cc4)CCC23C)C1(C)C. The Labute approximate surface area is 261 Å². The molecule has 43 heavy (non-hydrogen) atoms. The number of allylic oxidation sites excluding steroid dienone is 2. The van der Waals surface area contributed by atoms with Crippen molar-refractivity contribution in [2.45, 2.75) is 133 Å². The first-order valence-corrected chi connectivity index (χ1v) is 17.2. The first kappa shape index (κ1) is 30.9. The molecule has 0 heterocycles. The normalized spacial score (nSPS) is 42.7. The standard InChI is InChI=1S/C39H57NO3/c1-25-10-12-27(13-11-25)40-33(42)39-22-20-34(3,4)24-29(39)28-14-15-31-36(7)18-17-32(43-26(2)41)35(5,6)30(36)16-19-38(31,9)37(28,8)21-23-39/h10-14,29-32H,15-24H2,1-9H3,(H,40,42). The van der Waals surface area contributed by atoms with Crippen LogP contribution < -0.4 is 5.32 Å². The summed E-state index contributed by atoms with van der Waals surface area (Å²) in [6.07, 6.45) is 13.5. The van der Waals surface area contributed by atoms with Gasteiger partial charge in [-0.2, -0.15) is 0 Å². The van der Waals surface area contributed by atoms with Crippen LogP contribution in [0.5, 0.6) is 0 Å². The number of fused-ring (bicyclic) bond motifs is 7. The van der Waals surface area contributed by atoms with Crippen LogP contribution in [0.4, 0.5) is 5.69 Å². The number of carbonyl (C=O) groups is 2. The van der Waals surface area contributed by atoms with Crippen molar-refractivity contribution in [1.82, 2.24) is 0 Å². The lowest BCUT2D eigenvalue weighted by atomic mass is 9.33. The molecule has 4 nitrogen and oxygen atoms in total. The van der Waals surface area contributed by atoms with E-state index in [1.54, 1.807) is 12.5 Å². The van der Waals surface area contributed by atoms with Gasteiger partial charge in [0.2, 0.25) is 5.91 Å². The number of nitrogens with one attached hydrogen (secondary N) is 1. The first-order valence-electron chi connectivity index (χ1n) is 17.2. The summed E-state index contributed by atoms with van der Waals surface area (Å²) in [6.45, 7) is 21.0. The second-order valence-corrected chi connectivity index (χ2v) is 17.6. The van der Waals surface area contributed by atoms with Gasteiger partial charge in [-0.3, -0.25) is 9.59 Å². The summed E-state index contributed by atoms with van der Waals surface area (Å²) in [7, 11) is 0. The highest BCUT2D eigenvalue weighted by molar-refractivity contribution is 5.96. The minimum Gasteiger partial charge on any atom is -0.462 e. The number of hydrogen-bond acceptors (Lipinski definition) is 3. The van der Waals surface area contributed by atoms with Gasteiger partial charge in [-0.25, -0.2) is 0 Å². The number of hydrogen-bond donors (Lipinski definition) is 1. The Kier molecular flexibility index (Phi) is 7.15. The monoisotopic (exact) mass is 587 g/mol. The van der Waals surface area contributed by atoms with E-state index in [0.717, 1.165) is 57.1 Å². The molecule has 236 valence electrons. The molecule has 0 aliphatic heterocycles. The quantitative estimate of drug-likeness (QED) is 0.283. The van der Waals surface area contributed by atoms with E-state index in [1.807, 2.05) is 0 Å². The number of ether oxygens (including phenoxy) is 1. The highest BCUT2D eigenvalue weighted by atomic mass is 16.5. The predicted molar refractivity (Wildman–Crippen MR) is 174 cm³/mol. The zero-order valence-corrected chi connectivity index (χ0v) is 28.5. The lowest BCUT2D eigenvalue weighted by molar-refractivity contribution is -0.212. The van der Waals surface area contributed by atoms with E-state index < -0.39 is 0 Å². The molecule has 4 fully saturated rings. The van der Waals surface area contributed by atoms with Crippen LogP contribution in [-0.4, -0.2) is 18.0 Å². The lowest BCUT2D eigenvalue weighted by Crippen LogP contribution is -2.65. The molecular formula is C39H57NO3. The Morgan fingerprint density at radius 1 is 0.837 bits per heavy atom. The van der Waals surface area contributed by atoms with Crippen molar-refractivity contribution in [3.05, 3.63) is 41.5 Å². The van der Waals surface area contributed by atoms with E-state index in [9.17, 15) is 9.59 Å². The second-order valence-electron chi connectivity index (χ2n) is 17.6. The van der Waals surface area contributed by atoms with Crippen molar-refractivity contribution in [2.75, 3.05) is 5.32 Å². The Morgan fingerprint density at radius 2 is 1.51 bits per heavy atom. The van der Waals surface area contributed by atoms with Gasteiger partial charge in [0.1, 0.15) is 6.10 Å². The van der Waals surface area contributed by atoms with Crippen molar-refractivity contribution in [3.8, 4) is 0 Å². The van der Waals surface area contributed by atoms with Crippen molar-refractivity contribution in [1.29, 1.82) is 0 Å². The highest BCUT2D eigenvalue weighted by Gasteiger charge is 2.69. The number of carbonyl (C=O) groups excluding carboxylic acids is 2. The molecule has 1 amide bonds. The van der Waals surface area contributed by atoms with E-state index in [-0.39, 0.29) is 50.5 Å². The maximum absolute atomic E-state index is 14.4. The van der Waals surface area contributed by atoms with Gasteiger partial charge < -0.3 is 10.1 Å². The summed E-state index contributed by atoms with van der Waals surface area (Å²) in [5, 5.41) is 3.40. The van der Waals surface area contributed by atoms with E-state index in [4.69, 9.17) is 4.74 Å². The lowest BCUT2D eigenvalue weighted by Gasteiger charge is -2.71. The molecule has 5 aliphatic rings. The molecule has 0 aromatic heterocycles. The van der Waals surface area contributed by atoms with Crippen LogP contribution in [0.3, 0.4) is 0 Å². The largest absolute Gasteiger partial charge is 0.462 e. The Balaban J connectivity index is 1.37. The van der Waals surface area contributed by atoms with E-state index in [1.165, 1.54) is 18.4 Å². The minimum atomic E-state index is -0.333. The van der Waals surface area contributed by atoms with Crippen molar-refractivity contribution in [2.24, 2.45) is 50.2 Å². The van der Waals surface area contributed by atoms with Gasteiger partial charge in [-0.1, -0.05) is 77.8 Å². The number of esters is 1. The topological polar surface area (TPSA) is 55.4 Å². The predicted octanol–water partition coefficient (Wildman–Crippen LogP) is 9.67. The molecule has 1 N–H and O–H groups in total. The van der Waals surface area contributed by atoms with E-state index >= 15 is 0 Å². The molecule has 4 heteroatoms. The molecule has 8 unspecified atom stereocenters. The molecule has 1 aromatic carbocycles. The number of amides is 1. The number of rotatable bonds is 3. The third kappa shape index (κ3) is 4.50. The molecule has 6 rings (SSSR count). The molecule has 0 radical (unpaired) electrons. The Hall–Kier alpha value is -2.10. The molecule has 5 aliphatic carbocycles. The molecule has 0 spiro atoms. The van der Waals surface area contributed by atoms with Gasteiger partial charge in [0.15, 0.2) is 0 Å². The maximum atomic E-state index is 14.4. The van der Waals surface area contributed by atoms with Gasteiger partial charge in [0.25, 0.3) is 0 Å². The summed E-state index contributed by atoms with van der Waals surface area (Å²) in [5.41, 5.74) is 4.10. The maximum Gasteiger partial charge on any atom is 0.302 e. The fourth-order valence-corrected chi connectivity index (χ4v) is 11.9. The Morgan fingerprint density at radius 3 is 2.19 bits per heavy atom. The fraction of sp³-hybridized carbons (Fsp3) is 0.744. The van der Waals surface area contributed by atoms with Crippen LogP contribution in [0.25, 0.3) is 0 Å². The average Bonchev–Trinajstić information content (AvgIpc) is 2.91. The summed E-state index contributed by atoms with van der Waals surface area (Å²) in [5.74, 6) is 1.52. The number of benzene rings is 1. The van der Waals surface area contributed by atoms with E-state index in [2.05, 4.69) is 91.0 Å². The van der Waals surface area contributed by atoms with Crippen molar-refractivity contribution in [3.63, 3.8) is 0 Å². The minimum absolute atomic E-state index is 0.00419. The molecule has 4 saturated carbocycles. The van der Waals surface area contributed by atoms with Crippen LogP contribution >= 0.6 is 0 Å². The van der Waals surface area contributed by atoms with Crippen LogP contribution in [-0.2, 0) is 14.3 Å². The summed E-state index contributed by atoms with van der Waals surface area (Å²) in [6, 6.07) is 8.30. The number of aryl methyl sites for hydroxylation is 1. The van der Waals surface area contributed by atoms with Crippen LogP contribution in [0.15, 0.2) is 35.9 Å². The number of anilines is 1.